The number of hydrogen-bond donors (Lipinski definition) is 1. The van der Waals surface area contributed by atoms with E-state index >= 15 is 0 Å². The number of carbonyl (C=O) groups is 2. The third-order valence-electron chi connectivity index (χ3n) is 7.02. The molecule has 0 bridgehead atoms. The van der Waals surface area contributed by atoms with Crippen LogP contribution in [-0.2, 0) is 26.2 Å². The van der Waals surface area contributed by atoms with E-state index in [4.69, 9.17) is 32.7 Å². The molecule has 2 amide bonds. The van der Waals surface area contributed by atoms with Crippen LogP contribution in [0.5, 0.6) is 11.5 Å². The fourth-order valence-electron chi connectivity index (χ4n) is 4.85. The Hall–Kier alpha value is -2.69. The van der Waals surface area contributed by atoms with E-state index in [1.165, 1.54) is 9.21 Å². The number of nitrogens with zero attached hydrogens (tertiary/aromatic N) is 2. The Labute approximate surface area is 239 Å². The third-order valence-corrected chi connectivity index (χ3v) is 8.80. The lowest BCUT2D eigenvalue weighted by atomic mass is 10.1. The Morgan fingerprint density at radius 1 is 1.08 bits per heavy atom. The maximum absolute atomic E-state index is 13.5. The smallest absolute Gasteiger partial charge is 0.242 e. The quantitative estimate of drug-likeness (QED) is 0.401. The minimum Gasteiger partial charge on any atom is -0.454 e. The van der Waals surface area contributed by atoms with Crippen LogP contribution in [0, 0.1) is 0 Å². The number of anilines is 1. The molecule has 1 N–H and O–H groups in total. The number of ether oxygens (including phenoxy) is 2. The van der Waals surface area contributed by atoms with Gasteiger partial charge in [0.05, 0.1) is 11.9 Å². The van der Waals surface area contributed by atoms with Gasteiger partial charge in [-0.3, -0.25) is 13.9 Å². The number of fused-ring (bicyclic) bond motifs is 1. The van der Waals surface area contributed by atoms with Crippen LogP contribution < -0.4 is 19.1 Å². The summed E-state index contributed by atoms with van der Waals surface area (Å²) >= 11 is 12.4. The first kappa shape index (κ1) is 29.3. The van der Waals surface area contributed by atoms with Crippen molar-refractivity contribution in [2.24, 2.45) is 0 Å². The fourth-order valence-corrected chi connectivity index (χ4v) is 6.28. The molecule has 2 aromatic carbocycles. The first-order chi connectivity index (χ1) is 18.5. The Morgan fingerprint density at radius 3 is 2.49 bits per heavy atom. The van der Waals surface area contributed by atoms with E-state index in [9.17, 15) is 18.0 Å². The molecular weight excluding hydrogens is 565 g/mol. The van der Waals surface area contributed by atoms with Crippen molar-refractivity contribution < 1.29 is 27.5 Å². The van der Waals surface area contributed by atoms with Crippen LogP contribution in [0.2, 0.25) is 10.0 Å². The zero-order chi connectivity index (χ0) is 28.2. The lowest BCUT2D eigenvalue weighted by molar-refractivity contribution is -0.140. The predicted molar refractivity (Wildman–Crippen MR) is 151 cm³/mol. The maximum Gasteiger partial charge on any atom is 0.242 e. The van der Waals surface area contributed by atoms with Crippen molar-refractivity contribution >= 4 is 50.7 Å². The largest absolute Gasteiger partial charge is 0.454 e. The molecule has 4 rings (SSSR count). The summed E-state index contributed by atoms with van der Waals surface area (Å²) in [4.78, 5) is 28.1. The number of carbonyl (C=O) groups excluding carboxylic acids is 2. The summed E-state index contributed by atoms with van der Waals surface area (Å²) in [5, 5.41) is 3.93. The molecule has 39 heavy (non-hydrogen) atoms. The molecule has 0 saturated heterocycles. The van der Waals surface area contributed by atoms with E-state index in [-0.39, 0.29) is 50.6 Å². The molecule has 1 saturated carbocycles. The minimum atomic E-state index is -3.64. The number of benzene rings is 2. The summed E-state index contributed by atoms with van der Waals surface area (Å²) in [5.74, 6) is 0.502. The minimum absolute atomic E-state index is 0.0306. The standard InChI is InChI=1S/C27H33Cl2N3O6S/c1-18(27(34)30-21-6-3-4-7-21)31(16-19-9-10-20(28)14-23(19)29)26(33)8-5-13-32(39(2,35)36)22-11-12-24-25(15-22)38-17-37-24/h9-12,14-15,18,21H,3-8,13,16-17H2,1-2H3,(H,30,34)/t18-/m1/s1. The average molecular weight is 599 g/mol. The van der Waals surface area contributed by atoms with Crippen LogP contribution in [0.25, 0.3) is 0 Å². The van der Waals surface area contributed by atoms with Gasteiger partial charge in [-0.25, -0.2) is 8.42 Å². The fraction of sp³-hybridized carbons (Fsp3) is 0.481. The second kappa shape index (κ2) is 12.7. The zero-order valence-corrected chi connectivity index (χ0v) is 24.3. The topological polar surface area (TPSA) is 105 Å². The van der Waals surface area contributed by atoms with Crippen LogP contribution in [0.15, 0.2) is 36.4 Å². The molecule has 12 heteroatoms. The number of nitrogens with one attached hydrogen (secondary N) is 1. The van der Waals surface area contributed by atoms with Gasteiger partial charge in [-0.05, 0) is 56.0 Å². The maximum atomic E-state index is 13.5. The van der Waals surface area contributed by atoms with Gasteiger partial charge in [0.25, 0.3) is 0 Å². The van der Waals surface area contributed by atoms with E-state index in [1.54, 1.807) is 43.3 Å². The predicted octanol–water partition coefficient (Wildman–Crippen LogP) is 4.74. The Bertz CT molecular complexity index is 1320. The van der Waals surface area contributed by atoms with E-state index in [0.717, 1.165) is 31.9 Å². The first-order valence-electron chi connectivity index (χ1n) is 12.9. The number of amides is 2. The van der Waals surface area contributed by atoms with E-state index in [2.05, 4.69) is 5.32 Å². The van der Waals surface area contributed by atoms with Crippen molar-refractivity contribution in [3.63, 3.8) is 0 Å². The number of sulfonamides is 1. The monoisotopic (exact) mass is 597 g/mol. The van der Waals surface area contributed by atoms with Crippen LogP contribution >= 0.6 is 23.2 Å². The van der Waals surface area contributed by atoms with Gasteiger partial charge in [-0.2, -0.15) is 0 Å². The van der Waals surface area contributed by atoms with Crippen molar-refractivity contribution in [2.75, 3.05) is 23.9 Å². The molecule has 2 aliphatic rings. The molecule has 1 aliphatic carbocycles. The van der Waals surface area contributed by atoms with E-state index < -0.39 is 16.1 Å². The molecule has 212 valence electrons. The summed E-state index contributed by atoms with van der Waals surface area (Å²) in [7, 11) is -3.64. The van der Waals surface area contributed by atoms with Crippen molar-refractivity contribution in [1.82, 2.24) is 10.2 Å². The average Bonchev–Trinajstić information content (AvgIpc) is 3.56. The summed E-state index contributed by atoms with van der Waals surface area (Å²) in [6.45, 7) is 1.96. The highest BCUT2D eigenvalue weighted by Gasteiger charge is 2.29. The summed E-state index contributed by atoms with van der Waals surface area (Å²) < 4.78 is 37.1. The SMILES string of the molecule is C[C@H](C(=O)NC1CCCC1)N(Cc1ccc(Cl)cc1Cl)C(=O)CCCN(c1ccc2c(c1)OCO2)S(C)(=O)=O. The van der Waals surface area contributed by atoms with E-state index in [1.807, 2.05) is 0 Å². The Balaban J connectivity index is 1.47. The molecule has 1 aliphatic heterocycles. The summed E-state index contributed by atoms with van der Waals surface area (Å²) in [6.07, 6.45) is 5.38. The number of halogens is 2. The molecule has 2 aromatic rings. The highest BCUT2D eigenvalue weighted by atomic mass is 35.5. The van der Waals surface area contributed by atoms with Gasteiger partial charge in [0.2, 0.25) is 28.6 Å². The number of rotatable bonds is 11. The lowest BCUT2D eigenvalue weighted by Gasteiger charge is -2.30. The van der Waals surface area contributed by atoms with Crippen LogP contribution in [-0.4, -0.2) is 56.8 Å². The van der Waals surface area contributed by atoms with Gasteiger partial charge in [0.1, 0.15) is 6.04 Å². The lowest BCUT2D eigenvalue weighted by Crippen LogP contribution is -2.49. The van der Waals surface area contributed by atoms with Crippen molar-refractivity contribution in [3.05, 3.63) is 52.0 Å². The highest BCUT2D eigenvalue weighted by Crippen LogP contribution is 2.36. The van der Waals surface area contributed by atoms with Crippen molar-refractivity contribution in [1.29, 1.82) is 0 Å². The van der Waals surface area contributed by atoms with Crippen molar-refractivity contribution in [2.45, 2.75) is 64.1 Å². The molecule has 1 fully saturated rings. The van der Waals surface area contributed by atoms with Crippen LogP contribution in [0.1, 0.15) is 51.0 Å². The zero-order valence-electron chi connectivity index (χ0n) is 22.0. The molecule has 1 atom stereocenters. The molecular formula is C27H33Cl2N3O6S. The molecule has 0 radical (unpaired) electrons. The van der Waals surface area contributed by atoms with Gasteiger partial charge in [-0.15, -0.1) is 0 Å². The van der Waals surface area contributed by atoms with E-state index in [0.29, 0.717) is 32.8 Å². The third kappa shape index (κ3) is 7.49. The van der Waals surface area contributed by atoms with Crippen molar-refractivity contribution in [3.8, 4) is 11.5 Å². The Kier molecular flexibility index (Phi) is 9.51. The molecule has 9 nitrogen and oxygen atoms in total. The molecule has 1 heterocycles. The highest BCUT2D eigenvalue weighted by molar-refractivity contribution is 7.92. The molecule has 0 aromatic heterocycles. The second-order valence-electron chi connectivity index (χ2n) is 9.90. The number of hydrogen-bond acceptors (Lipinski definition) is 6. The van der Waals surface area contributed by atoms with Crippen LogP contribution in [0.4, 0.5) is 5.69 Å². The van der Waals surface area contributed by atoms with Gasteiger partial charge < -0.3 is 19.7 Å². The first-order valence-corrected chi connectivity index (χ1v) is 15.5. The van der Waals surface area contributed by atoms with Gasteiger partial charge in [-0.1, -0.05) is 42.1 Å². The van der Waals surface area contributed by atoms with Crippen LogP contribution in [0.3, 0.4) is 0 Å². The summed E-state index contributed by atoms with van der Waals surface area (Å²) in [6, 6.07) is 9.28. The van der Waals surface area contributed by atoms with Gasteiger partial charge >= 0.3 is 0 Å². The summed E-state index contributed by atoms with van der Waals surface area (Å²) in [5.41, 5.74) is 1.08. The second-order valence-corrected chi connectivity index (χ2v) is 12.7. The Morgan fingerprint density at radius 2 is 1.79 bits per heavy atom. The molecule has 0 unspecified atom stereocenters. The van der Waals surface area contributed by atoms with Gasteiger partial charge in [0.15, 0.2) is 11.5 Å². The van der Waals surface area contributed by atoms with Gasteiger partial charge in [0, 0.05) is 41.7 Å². The normalized spacial score (nSPS) is 15.7. The molecule has 0 spiro atoms.